The zero-order chi connectivity index (χ0) is 15.7. The third-order valence-electron chi connectivity index (χ3n) is 3.21. The zero-order valence-electron chi connectivity index (χ0n) is 12.9. The van der Waals surface area contributed by atoms with E-state index in [1.165, 1.54) is 0 Å². The summed E-state index contributed by atoms with van der Waals surface area (Å²) in [6.45, 7) is 5.53. The fraction of sp³-hybridized carbons (Fsp3) is 0.222. The highest BCUT2D eigenvalue weighted by molar-refractivity contribution is 6.11. The molecule has 0 aliphatic heterocycles. The van der Waals surface area contributed by atoms with Crippen molar-refractivity contribution in [3.63, 3.8) is 0 Å². The Balaban J connectivity index is 2.14. The van der Waals surface area contributed by atoms with Gasteiger partial charge in [0.1, 0.15) is 5.60 Å². The summed E-state index contributed by atoms with van der Waals surface area (Å²) in [5.41, 5.74) is 1.87. The fourth-order valence-corrected chi connectivity index (χ4v) is 2.38. The van der Waals surface area contributed by atoms with Crippen LogP contribution in [0.3, 0.4) is 0 Å². The Morgan fingerprint density at radius 1 is 0.955 bits per heavy atom. The summed E-state index contributed by atoms with van der Waals surface area (Å²) in [6.07, 6.45) is -0.464. The van der Waals surface area contributed by atoms with Crippen molar-refractivity contribution < 1.29 is 9.53 Å². The first kappa shape index (κ1) is 14.3. The second-order valence-electron chi connectivity index (χ2n) is 6.15. The molecule has 0 saturated carbocycles. The van der Waals surface area contributed by atoms with Crippen LogP contribution >= 0.6 is 0 Å². The lowest BCUT2D eigenvalue weighted by Crippen LogP contribution is -2.27. The molecule has 0 spiro atoms. The van der Waals surface area contributed by atoms with Crippen molar-refractivity contribution in [2.75, 3.05) is 5.32 Å². The van der Waals surface area contributed by atoms with Gasteiger partial charge >= 0.3 is 6.09 Å². The Labute approximate surface area is 129 Å². The quantitative estimate of drug-likeness (QED) is 0.660. The van der Waals surface area contributed by atoms with Crippen molar-refractivity contribution >= 4 is 33.6 Å². The van der Waals surface area contributed by atoms with Crippen molar-refractivity contribution in [2.45, 2.75) is 26.4 Å². The van der Waals surface area contributed by atoms with Crippen LogP contribution < -0.4 is 5.32 Å². The number of ether oxygens (including phenoxy) is 1. The normalized spacial score (nSPS) is 11.6. The number of hydrogen-bond acceptors (Lipinski definition) is 3. The standard InChI is InChI=1S/C18H18N2O2/c1-18(2,3)22-17(21)20-16-12-8-4-6-10-14(12)19-15-11-7-5-9-13(15)16/h4-11H,1-3H3,(H,19,20,21). The highest BCUT2D eigenvalue weighted by Gasteiger charge is 2.18. The molecule has 4 nitrogen and oxygen atoms in total. The van der Waals surface area contributed by atoms with Gasteiger partial charge in [0, 0.05) is 10.8 Å². The molecule has 0 unspecified atom stereocenters. The van der Waals surface area contributed by atoms with Gasteiger partial charge in [-0.2, -0.15) is 0 Å². The molecule has 2 aromatic carbocycles. The molecule has 3 aromatic rings. The van der Waals surface area contributed by atoms with E-state index >= 15 is 0 Å². The molecule has 112 valence electrons. The molecule has 1 N–H and O–H groups in total. The molecule has 1 heterocycles. The van der Waals surface area contributed by atoms with E-state index in [0.29, 0.717) is 0 Å². The molecule has 0 atom stereocenters. The van der Waals surface area contributed by atoms with Gasteiger partial charge in [0.05, 0.1) is 16.7 Å². The monoisotopic (exact) mass is 294 g/mol. The lowest BCUT2D eigenvalue weighted by Gasteiger charge is -2.20. The number of amides is 1. The smallest absolute Gasteiger partial charge is 0.412 e. The third-order valence-corrected chi connectivity index (χ3v) is 3.21. The van der Waals surface area contributed by atoms with E-state index in [-0.39, 0.29) is 0 Å². The van der Waals surface area contributed by atoms with Gasteiger partial charge < -0.3 is 4.74 Å². The average molecular weight is 294 g/mol. The molecule has 22 heavy (non-hydrogen) atoms. The van der Waals surface area contributed by atoms with Crippen LogP contribution in [0.1, 0.15) is 20.8 Å². The van der Waals surface area contributed by atoms with Crippen molar-refractivity contribution in [3.05, 3.63) is 48.5 Å². The number of para-hydroxylation sites is 2. The van der Waals surface area contributed by atoms with E-state index in [2.05, 4.69) is 10.3 Å². The Morgan fingerprint density at radius 3 is 1.95 bits per heavy atom. The topological polar surface area (TPSA) is 51.2 Å². The number of carbonyl (C=O) groups is 1. The number of aromatic nitrogens is 1. The number of benzene rings is 2. The van der Waals surface area contributed by atoms with Crippen LogP contribution in [-0.4, -0.2) is 16.7 Å². The predicted octanol–water partition coefficient (Wildman–Crippen LogP) is 4.74. The molecule has 0 aliphatic rings. The van der Waals surface area contributed by atoms with Gasteiger partial charge in [-0.3, -0.25) is 5.32 Å². The summed E-state index contributed by atoms with van der Waals surface area (Å²) in [4.78, 5) is 16.8. The molecule has 1 amide bonds. The molecule has 0 saturated heterocycles. The molecule has 0 radical (unpaired) electrons. The largest absolute Gasteiger partial charge is 0.444 e. The molecular formula is C18H18N2O2. The lowest BCUT2D eigenvalue weighted by atomic mass is 10.1. The first-order valence-electron chi connectivity index (χ1n) is 7.21. The second kappa shape index (κ2) is 5.30. The van der Waals surface area contributed by atoms with Crippen LogP contribution in [0.25, 0.3) is 21.8 Å². The number of anilines is 1. The van der Waals surface area contributed by atoms with Crippen molar-refractivity contribution in [1.82, 2.24) is 4.98 Å². The first-order valence-corrected chi connectivity index (χ1v) is 7.21. The van der Waals surface area contributed by atoms with Crippen LogP contribution in [-0.2, 0) is 4.74 Å². The Bertz CT molecular complexity index is 796. The van der Waals surface area contributed by atoms with E-state index in [9.17, 15) is 4.79 Å². The number of nitrogens with zero attached hydrogens (tertiary/aromatic N) is 1. The van der Waals surface area contributed by atoms with Gasteiger partial charge in [-0.15, -0.1) is 0 Å². The molecular weight excluding hydrogens is 276 g/mol. The predicted molar refractivity (Wildman–Crippen MR) is 89.1 cm³/mol. The maximum absolute atomic E-state index is 12.2. The van der Waals surface area contributed by atoms with Gasteiger partial charge in [-0.25, -0.2) is 9.78 Å². The summed E-state index contributed by atoms with van der Waals surface area (Å²) in [5, 5.41) is 4.67. The molecule has 4 heteroatoms. The van der Waals surface area contributed by atoms with Crippen LogP contribution in [0.5, 0.6) is 0 Å². The van der Waals surface area contributed by atoms with Crippen LogP contribution in [0, 0.1) is 0 Å². The van der Waals surface area contributed by atoms with Gasteiger partial charge in [-0.05, 0) is 32.9 Å². The number of pyridine rings is 1. The summed E-state index contributed by atoms with van der Waals surface area (Å²) < 4.78 is 5.37. The van der Waals surface area contributed by atoms with Crippen molar-refractivity contribution in [3.8, 4) is 0 Å². The van der Waals surface area contributed by atoms with Gasteiger partial charge in [0.2, 0.25) is 0 Å². The minimum Gasteiger partial charge on any atom is -0.444 e. The van der Waals surface area contributed by atoms with E-state index in [1.807, 2.05) is 69.3 Å². The van der Waals surface area contributed by atoms with E-state index in [1.54, 1.807) is 0 Å². The molecule has 1 aromatic heterocycles. The van der Waals surface area contributed by atoms with E-state index in [0.717, 1.165) is 27.5 Å². The summed E-state index contributed by atoms with van der Waals surface area (Å²) in [6, 6.07) is 15.5. The van der Waals surface area contributed by atoms with Gasteiger partial charge in [-0.1, -0.05) is 36.4 Å². The molecule has 0 fully saturated rings. The summed E-state index contributed by atoms with van der Waals surface area (Å²) in [5.74, 6) is 0. The summed E-state index contributed by atoms with van der Waals surface area (Å²) in [7, 11) is 0. The van der Waals surface area contributed by atoms with Crippen molar-refractivity contribution in [2.24, 2.45) is 0 Å². The Morgan fingerprint density at radius 2 is 1.45 bits per heavy atom. The second-order valence-corrected chi connectivity index (χ2v) is 6.15. The minimum atomic E-state index is -0.539. The number of fused-ring (bicyclic) bond motifs is 2. The fourth-order valence-electron chi connectivity index (χ4n) is 2.38. The highest BCUT2D eigenvalue weighted by atomic mass is 16.6. The molecule has 0 bridgehead atoms. The SMILES string of the molecule is CC(C)(C)OC(=O)Nc1c2ccccc2nc2ccccc12. The number of hydrogen-bond donors (Lipinski definition) is 1. The maximum atomic E-state index is 12.2. The number of carbonyl (C=O) groups excluding carboxylic acids is 1. The van der Waals surface area contributed by atoms with Crippen LogP contribution in [0.15, 0.2) is 48.5 Å². The number of nitrogens with one attached hydrogen (secondary N) is 1. The zero-order valence-corrected chi connectivity index (χ0v) is 12.9. The Kier molecular flexibility index (Phi) is 3.45. The van der Waals surface area contributed by atoms with Crippen LogP contribution in [0.4, 0.5) is 10.5 Å². The lowest BCUT2D eigenvalue weighted by molar-refractivity contribution is 0.0636. The Hall–Kier alpha value is -2.62. The first-order chi connectivity index (χ1) is 10.4. The van der Waals surface area contributed by atoms with Gasteiger partial charge in [0.15, 0.2) is 0 Å². The van der Waals surface area contributed by atoms with Gasteiger partial charge in [0.25, 0.3) is 0 Å². The van der Waals surface area contributed by atoms with Crippen LogP contribution in [0.2, 0.25) is 0 Å². The van der Waals surface area contributed by atoms with E-state index in [4.69, 9.17) is 4.74 Å². The maximum Gasteiger partial charge on any atom is 0.412 e. The average Bonchev–Trinajstić information content (AvgIpc) is 2.45. The molecule has 3 rings (SSSR count). The number of rotatable bonds is 1. The van der Waals surface area contributed by atoms with E-state index < -0.39 is 11.7 Å². The van der Waals surface area contributed by atoms with Crippen molar-refractivity contribution in [1.29, 1.82) is 0 Å². The molecule has 0 aliphatic carbocycles. The highest BCUT2D eigenvalue weighted by Crippen LogP contribution is 2.30. The minimum absolute atomic E-state index is 0.464. The summed E-state index contributed by atoms with van der Waals surface area (Å²) >= 11 is 0. The third kappa shape index (κ3) is 2.86.